The maximum atomic E-state index is 12.3. The lowest BCUT2D eigenvalue weighted by Gasteiger charge is -2.31. The molecule has 1 saturated heterocycles. The monoisotopic (exact) mass is 309 g/mol. The van der Waals surface area contributed by atoms with Crippen molar-refractivity contribution >= 4 is 23.2 Å². The molecule has 1 fully saturated rings. The molecule has 1 aliphatic heterocycles. The summed E-state index contributed by atoms with van der Waals surface area (Å²) in [7, 11) is 1.65. The number of aryl methyl sites for hydroxylation is 1. The number of thiophene rings is 1. The number of carbonyl (C=O) groups excluding carboxylic acids is 2. The molecule has 0 radical (unpaired) electrons. The largest absolute Gasteiger partial charge is 0.358 e. The molecule has 0 unspecified atom stereocenters. The first kappa shape index (κ1) is 16.0. The second kappa shape index (κ2) is 7.56. The number of likely N-dealkylation sites (tertiary alicyclic amines) is 1. The van der Waals surface area contributed by atoms with E-state index in [1.165, 1.54) is 11.3 Å². The van der Waals surface area contributed by atoms with Gasteiger partial charge in [0.15, 0.2) is 0 Å². The summed E-state index contributed by atoms with van der Waals surface area (Å²) in [4.78, 5) is 26.6. The number of hydrogen-bond acceptors (Lipinski definition) is 4. The molecule has 0 spiro atoms. The van der Waals surface area contributed by atoms with Crippen LogP contribution in [0.3, 0.4) is 0 Å². The van der Waals surface area contributed by atoms with Crippen molar-refractivity contribution in [2.45, 2.75) is 32.2 Å². The number of amides is 2. The molecule has 5 nitrogen and oxygen atoms in total. The van der Waals surface area contributed by atoms with Gasteiger partial charge in [-0.1, -0.05) is 6.92 Å². The van der Waals surface area contributed by atoms with Crippen molar-refractivity contribution in [2.75, 3.05) is 26.7 Å². The fourth-order valence-electron chi connectivity index (χ4n) is 2.58. The van der Waals surface area contributed by atoms with Gasteiger partial charge < -0.3 is 10.6 Å². The van der Waals surface area contributed by atoms with Gasteiger partial charge in [-0.15, -0.1) is 11.3 Å². The van der Waals surface area contributed by atoms with Crippen LogP contribution in [0.1, 0.15) is 35.0 Å². The number of rotatable bonds is 5. The van der Waals surface area contributed by atoms with Crippen molar-refractivity contribution < 1.29 is 9.59 Å². The summed E-state index contributed by atoms with van der Waals surface area (Å²) in [6, 6.07) is 2.23. The summed E-state index contributed by atoms with van der Waals surface area (Å²) >= 11 is 1.51. The molecule has 21 heavy (non-hydrogen) atoms. The third kappa shape index (κ3) is 4.28. The number of nitrogens with zero attached hydrogens (tertiary/aromatic N) is 1. The first-order valence-electron chi connectivity index (χ1n) is 7.44. The molecular weight excluding hydrogens is 286 g/mol. The number of hydrogen-bond donors (Lipinski definition) is 2. The van der Waals surface area contributed by atoms with Crippen LogP contribution >= 0.6 is 11.3 Å². The van der Waals surface area contributed by atoms with Crippen molar-refractivity contribution in [1.29, 1.82) is 0 Å². The van der Waals surface area contributed by atoms with Crippen LogP contribution in [-0.2, 0) is 11.2 Å². The molecular formula is C15H23N3O2S. The zero-order valence-electron chi connectivity index (χ0n) is 12.6. The molecule has 116 valence electrons. The molecule has 2 amide bonds. The lowest BCUT2D eigenvalue weighted by Crippen LogP contribution is -2.47. The third-order valence-electron chi connectivity index (χ3n) is 3.90. The van der Waals surface area contributed by atoms with Crippen LogP contribution in [0.15, 0.2) is 11.4 Å². The van der Waals surface area contributed by atoms with Crippen LogP contribution in [0, 0.1) is 0 Å². The standard InChI is InChI=1S/C15H23N3O2S/c1-3-11-6-9-21-14(11)15(20)17-12-4-7-18(8-5-12)10-13(19)16-2/h6,9,12H,3-5,7-8,10H2,1-2H3,(H,16,19)(H,17,20). The van der Waals surface area contributed by atoms with Gasteiger partial charge >= 0.3 is 0 Å². The summed E-state index contributed by atoms with van der Waals surface area (Å²) in [6.07, 6.45) is 2.68. The topological polar surface area (TPSA) is 61.4 Å². The Labute approximate surface area is 129 Å². The Morgan fingerprint density at radius 3 is 2.71 bits per heavy atom. The van der Waals surface area contributed by atoms with E-state index in [1.807, 2.05) is 11.4 Å². The molecule has 6 heteroatoms. The van der Waals surface area contributed by atoms with Gasteiger partial charge in [0.05, 0.1) is 11.4 Å². The number of carbonyl (C=O) groups is 2. The van der Waals surface area contributed by atoms with E-state index < -0.39 is 0 Å². The SMILES string of the molecule is CCc1ccsc1C(=O)NC1CCN(CC(=O)NC)CC1. The van der Waals surface area contributed by atoms with Gasteiger partial charge in [-0.2, -0.15) is 0 Å². The van der Waals surface area contributed by atoms with Gasteiger partial charge in [-0.25, -0.2) is 0 Å². The van der Waals surface area contributed by atoms with Crippen LogP contribution in [0.5, 0.6) is 0 Å². The zero-order chi connectivity index (χ0) is 15.2. The van der Waals surface area contributed by atoms with Crippen molar-refractivity contribution in [1.82, 2.24) is 15.5 Å². The molecule has 0 saturated carbocycles. The van der Waals surface area contributed by atoms with Gasteiger partial charge in [0.1, 0.15) is 0 Å². The Morgan fingerprint density at radius 1 is 1.38 bits per heavy atom. The van der Waals surface area contributed by atoms with Gasteiger partial charge in [-0.3, -0.25) is 14.5 Å². The minimum absolute atomic E-state index is 0.0451. The molecule has 0 aromatic carbocycles. The van der Waals surface area contributed by atoms with E-state index in [-0.39, 0.29) is 17.9 Å². The summed E-state index contributed by atoms with van der Waals surface area (Å²) in [6.45, 7) is 4.21. The van der Waals surface area contributed by atoms with E-state index in [0.29, 0.717) is 6.54 Å². The van der Waals surface area contributed by atoms with E-state index >= 15 is 0 Å². The molecule has 0 atom stereocenters. The number of piperidine rings is 1. The summed E-state index contributed by atoms with van der Waals surface area (Å²) in [5, 5.41) is 7.74. The van der Waals surface area contributed by atoms with E-state index in [4.69, 9.17) is 0 Å². The molecule has 2 rings (SSSR count). The van der Waals surface area contributed by atoms with Gasteiger partial charge in [0.25, 0.3) is 5.91 Å². The van der Waals surface area contributed by atoms with Crippen molar-refractivity contribution in [3.63, 3.8) is 0 Å². The van der Waals surface area contributed by atoms with Crippen molar-refractivity contribution in [3.8, 4) is 0 Å². The maximum Gasteiger partial charge on any atom is 0.261 e. The second-order valence-electron chi connectivity index (χ2n) is 5.33. The van der Waals surface area contributed by atoms with E-state index in [2.05, 4.69) is 22.5 Å². The van der Waals surface area contributed by atoms with Gasteiger partial charge in [0, 0.05) is 26.2 Å². The van der Waals surface area contributed by atoms with Crippen LogP contribution in [-0.4, -0.2) is 49.4 Å². The molecule has 0 aliphatic carbocycles. The quantitative estimate of drug-likeness (QED) is 0.860. The van der Waals surface area contributed by atoms with Gasteiger partial charge in [0.2, 0.25) is 5.91 Å². The van der Waals surface area contributed by atoms with Crippen LogP contribution in [0.2, 0.25) is 0 Å². The first-order chi connectivity index (χ1) is 10.1. The molecule has 0 bridgehead atoms. The fraction of sp³-hybridized carbons (Fsp3) is 0.600. The summed E-state index contributed by atoms with van der Waals surface area (Å²) in [5.74, 6) is 0.0928. The normalized spacial score (nSPS) is 16.7. The predicted octanol–water partition coefficient (Wildman–Crippen LogP) is 1.25. The molecule has 2 N–H and O–H groups in total. The number of nitrogens with one attached hydrogen (secondary N) is 2. The fourth-order valence-corrected chi connectivity index (χ4v) is 3.48. The van der Waals surface area contributed by atoms with Gasteiger partial charge in [-0.05, 0) is 36.3 Å². The molecule has 1 aliphatic rings. The highest BCUT2D eigenvalue weighted by Gasteiger charge is 2.23. The second-order valence-corrected chi connectivity index (χ2v) is 6.24. The highest BCUT2D eigenvalue weighted by atomic mass is 32.1. The van der Waals surface area contributed by atoms with Crippen molar-refractivity contribution in [3.05, 3.63) is 21.9 Å². The van der Waals surface area contributed by atoms with Crippen LogP contribution in [0.25, 0.3) is 0 Å². The van der Waals surface area contributed by atoms with E-state index in [0.717, 1.165) is 42.8 Å². The van der Waals surface area contributed by atoms with E-state index in [1.54, 1.807) is 7.05 Å². The Hall–Kier alpha value is -1.40. The average molecular weight is 309 g/mol. The maximum absolute atomic E-state index is 12.3. The Kier molecular flexibility index (Phi) is 5.76. The molecule has 1 aromatic heterocycles. The molecule has 2 heterocycles. The summed E-state index contributed by atoms with van der Waals surface area (Å²) < 4.78 is 0. The smallest absolute Gasteiger partial charge is 0.261 e. The van der Waals surface area contributed by atoms with Crippen LogP contribution < -0.4 is 10.6 Å². The first-order valence-corrected chi connectivity index (χ1v) is 8.32. The third-order valence-corrected chi connectivity index (χ3v) is 4.86. The van der Waals surface area contributed by atoms with Crippen LogP contribution in [0.4, 0.5) is 0 Å². The Balaban J connectivity index is 1.81. The predicted molar refractivity (Wildman–Crippen MR) is 84.7 cm³/mol. The minimum atomic E-state index is 0.0451. The minimum Gasteiger partial charge on any atom is -0.358 e. The van der Waals surface area contributed by atoms with E-state index in [9.17, 15) is 9.59 Å². The Bertz CT molecular complexity index is 493. The highest BCUT2D eigenvalue weighted by molar-refractivity contribution is 7.12. The van der Waals surface area contributed by atoms with Crippen molar-refractivity contribution in [2.24, 2.45) is 0 Å². The lowest BCUT2D eigenvalue weighted by molar-refractivity contribution is -0.122. The highest BCUT2D eigenvalue weighted by Crippen LogP contribution is 2.18. The molecule has 1 aromatic rings. The zero-order valence-corrected chi connectivity index (χ0v) is 13.5. The summed E-state index contributed by atoms with van der Waals surface area (Å²) in [5.41, 5.74) is 1.12. The Morgan fingerprint density at radius 2 is 2.10 bits per heavy atom. The lowest BCUT2D eigenvalue weighted by atomic mass is 10.0. The average Bonchev–Trinajstić information content (AvgIpc) is 2.97. The number of likely N-dealkylation sites (N-methyl/N-ethyl adjacent to an activating group) is 1.